The number of halogens is 3. The molecule has 2 rings (SSSR count). The fourth-order valence-corrected chi connectivity index (χ4v) is 2.30. The molecule has 19 heavy (non-hydrogen) atoms. The Morgan fingerprint density at radius 2 is 1.53 bits per heavy atom. The van der Waals surface area contributed by atoms with Crippen molar-refractivity contribution in [3.05, 3.63) is 35.9 Å². The summed E-state index contributed by atoms with van der Waals surface area (Å²) in [5.74, 6) is 0. The van der Waals surface area contributed by atoms with Crippen LogP contribution in [0, 0.1) is 0 Å². The van der Waals surface area contributed by atoms with Gasteiger partial charge in [-0.25, -0.2) is 0 Å². The molecule has 1 aliphatic rings. The zero-order chi connectivity index (χ0) is 11.4. The van der Waals surface area contributed by atoms with E-state index in [-0.39, 0.29) is 37.2 Å². The van der Waals surface area contributed by atoms with Crippen LogP contribution in [0.1, 0.15) is 11.6 Å². The number of nitrogens with two attached hydrogens (primary N) is 1. The topological polar surface area (TPSA) is 32.5 Å². The summed E-state index contributed by atoms with van der Waals surface area (Å²) in [4.78, 5) is 4.87. The van der Waals surface area contributed by atoms with Crippen molar-refractivity contribution < 1.29 is 0 Å². The minimum atomic E-state index is 0. The molecule has 1 fully saturated rings. The molecular weight excluding hydrogens is 305 g/mol. The standard InChI is InChI=1S/C13H21N3.3ClH/c1-15-7-9-16(10-8-15)13(11-14)12-5-3-2-4-6-12;;;/h2-6,13H,7-11,14H2,1H3;3*1H. The Hall–Kier alpha value is -0.0300. The number of hydrogen-bond donors (Lipinski definition) is 1. The van der Waals surface area contributed by atoms with Crippen LogP contribution < -0.4 is 5.73 Å². The van der Waals surface area contributed by atoms with Gasteiger partial charge in [-0.05, 0) is 12.6 Å². The Balaban J connectivity index is 0. The first-order chi connectivity index (χ1) is 7.81. The van der Waals surface area contributed by atoms with Gasteiger partial charge in [0.1, 0.15) is 0 Å². The molecule has 0 radical (unpaired) electrons. The van der Waals surface area contributed by atoms with Gasteiger partial charge in [0.2, 0.25) is 0 Å². The Bertz CT molecular complexity index is 316. The van der Waals surface area contributed by atoms with Crippen LogP contribution in [0.3, 0.4) is 0 Å². The lowest BCUT2D eigenvalue weighted by atomic mass is 10.0. The lowest BCUT2D eigenvalue weighted by Gasteiger charge is -2.37. The van der Waals surface area contributed by atoms with Crippen LogP contribution >= 0.6 is 37.2 Å². The van der Waals surface area contributed by atoms with Crippen molar-refractivity contribution in [1.82, 2.24) is 9.80 Å². The molecule has 3 nitrogen and oxygen atoms in total. The molecule has 1 aromatic carbocycles. The summed E-state index contributed by atoms with van der Waals surface area (Å²) >= 11 is 0. The highest BCUT2D eigenvalue weighted by Crippen LogP contribution is 2.20. The number of benzene rings is 1. The molecular formula is C13H24Cl3N3. The second-order valence-corrected chi connectivity index (χ2v) is 4.50. The molecule has 0 saturated carbocycles. The van der Waals surface area contributed by atoms with E-state index in [1.54, 1.807) is 0 Å². The molecule has 1 unspecified atom stereocenters. The van der Waals surface area contributed by atoms with Gasteiger partial charge >= 0.3 is 0 Å². The van der Waals surface area contributed by atoms with E-state index in [1.807, 2.05) is 0 Å². The first-order valence-electron chi connectivity index (χ1n) is 5.99. The summed E-state index contributed by atoms with van der Waals surface area (Å²) in [6.45, 7) is 5.22. The van der Waals surface area contributed by atoms with Crippen molar-refractivity contribution in [2.45, 2.75) is 6.04 Å². The first-order valence-corrected chi connectivity index (χ1v) is 5.99. The molecule has 1 saturated heterocycles. The van der Waals surface area contributed by atoms with E-state index < -0.39 is 0 Å². The minimum Gasteiger partial charge on any atom is -0.329 e. The number of nitrogens with zero attached hydrogens (tertiary/aromatic N) is 2. The normalized spacial score (nSPS) is 17.6. The van der Waals surface area contributed by atoms with E-state index in [1.165, 1.54) is 5.56 Å². The summed E-state index contributed by atoms with van der Waals surface area (Å²) in [6.07, 6.45) is 0. The van der Waals surface area contributed by atoms with Gasteiger partial charge in [-0.1, -0.05) is 30.3 Å². The number of piperazine rings is 1. The van der Waals surface area contributed by atoms with Crippen molar-refractivity contribution in [1.29, 1.82) is 0 Å². The highest BCUT2D eigenvalue weighted by Gasteiger charge is 2.22. The molecule has 6 heteroatoms. The largest absolute Gasteiger partial charge is 0.329 e. The summed E-state index contributed by atoms with van der Waals surface area (Å²) in [6, 6.07) is 11.0. The van der Waals surface area contributed by atoms with Gasteiger partial charge < -0.3 is 10.6 Å². The van der Waals surface area contributed by atoms with Crippen molar-refractivity contribution in [3.8, 4) is 0 Å². The predicted octanol–water partition coefficient (Wildman–Crippen LogP) is 2.20. The van der Waals surface area contributed by atoms with Crippen LogP contribution in [0.15, 0.2) is 30.3 Å². The second kappa shape index (κ2) is 10.7. The molecule has 0 amide bonds. The van der Waals surface area contributed by atoms with Crippen molar-refractivity contribution >= 4 is 37.2 Å². The third kappa shape index (κ3) is 5.86. The SMILES string of the molecule is CN1CCN(C(CN)c2ccccc2)CC1.Cl.Cl.Cl. The summed E-state index contributed by atoms with van der Waals surface area (Å²) in [7, 11) is 2.18. The van der Waals surface area contributed by atoms with Crippen LogP contribution in [0.2, 0.25) is 0 Å². The first kappa shape index (κ1) is 21.3. The third-order valence-electron chi connectivity index (χ3n) is 3.39. The van der Waals surface area contributed by atoms with E-state index in [2.05, 4.69) is 47.2 Å². The summed E-state index contributed by atoms with van der Waals surface area (Å²) in [5, 5.41) is 0. The molecule has 1 aromatic rings. The quantitative estimate of drug-likeness (QED) is 0.923. The average Bonchev–Trinajstić information content (AvgIpc) is 2.34. The van der Waals surface area contributed by atoms with Crippen molar-refractivity contribution in [2.75, 3.05) is 39.8 Å². The van der Waals surface area contributed by atoms with Gasteiger partial charge in [-0.2, -0.15) is 0 Å². The zero-order valence-electron chi connectivity index (χ0n) is 11.2. The van der Waals surface area contributed by atoms with Crippen LogP contribution in [0.5, 0.6) is 0 Å². The molecule has 2 N–H and O–H groups in total. The van der Waals surface area contributed by atoms with Crippen LogP contribution in [-0.2, 0) is 0 Å². The van der Waals surface area contributed by atoms with Gasteiger partial charge in [-0.3, -0.25) is 4.90 Å². The van der Waals surface area contributed by atoms with Crippen molar-refractivity contribution in [2.24, 2.45) is 5.73 Å². The summed E-state index contributed by atoms with van der Waals surface area (Å²) < 4.78 is 0. The maximum atomic E-state index is 5.92. The third-order valence-corrected chi connectivity index (χ3v) is 3.39. The predicted molar refractivity (Wildman–Crippen MR) is 89.1 cm³/mol. The number of rotatable bonds is 3. The van der Waals surface area contributed by atoms with Crippen LogP contribution in [0.4, 0.5) is 0 Å². The lowest BCUT2D eigenvalue weighted by Crippen LogP contribution is -2.47. The molecule has 0 aliphatic carbocycles. The Labute approximate surface area is 134 Å². The summed E-state index contributed by atoms with van der Waals surface area (Å²) in [5.41, 5.74) is 7.26. The van der Waals surface area contributed by atoms with Crippen LogP contribution in [-0.4, -0.2) is 49.6 Å². The van der Waals surface area contributed by atoms with Gasteiger partial charge in [-0.15, -0.1) is 37.2 Å². The Morgan fingerprint density at radius 3 is 2.00 bits per heavy atom. The van der Waals surface area contributed by atoms with Gasteiger partial charge in [0.15, 0.2) is 0 Å². The van der Waals surface area contributed by atoms with E-state index in [0.717, 1.165) is 26.2 Å². The second-order valence-electron chi connectivity index (χ2n) is 4.50. The molecule has 1 aliphatic heterocycles. The molecule has 1 atom stereocenters. The average molecular weight is 329 g/mol. The Morgan fingerprint density at radius 1 is 1.00 bits per heavy atom. The highest BCUT2D eigenvalue weighted by atomic mass is 35.5. The van der Waals surface area contributed by atoms with E-state index in [9.17, 15) is 0 Å². The van der Waals surface area contributed by atoms with E-state index >= 15 is 0 Å². The van der Waals surface area contributed by atoms with Crippen molar-refractivity contribution in [3.63, 3.8) is 0 Å². The maximum absolute atomic E-state index is 5.92. The zero-order valence-corrected chi connectivity index (χ0v) is 13.6. The Kier molecular flexibility index (Phi) is 12.0. The molecule has 0 aromatic heterocycles. The minimum absolute atomic E-state index is 0. The van der Waals surface area contributed by atoms with Gasteiger partial charge in [0, 0.05) is 38.8 Å². The fraction of sp³-hybridized carbons (Fsp3) is 0.538. The molecule has 0 bridgehead atoms. The smallest absolute Gasteiger partial charge is 0.0471 e. The van der Waals surface area contributed by atoms with Gasteiger partial charge in [0.05, 0.1) is 0 Å². The monoisotopic (exact) mass is 327 g/mol. The molecule has 112 valence electrons. The molecule has 0 spiro atoms. The lowest BCUT2D eigenvalue weighted by molar-refractivity contribution is 0.114. The maximum Gasteiger partial charge on any atom is 0.0471 e. The number of likely N-dealkylation sites (N-methyl/N-ethyl adjacent to an activating group) is 1. The van der Waals surface area contributed by atoms with Crippen LogP contribution in [0.25, 0.3) is 0 Å². The van der Waals surface area contributed by atoms with E-state index in [0.29, 0.717) is 12.6 Å². The number of hydrogen-bond acceptors (Lipinski definition) is 3. The molecule has 1 heterocycles. The highest BCUT2D eigenvalue weighted by molar-refractivity contribution is 5.86. The fourth-order valence-electron chi connectivity index (χ4n) is 2.30. The van der Waals surface area contributed by atoms with E-state index in [4.69, 9.17) is 5.73 Å². The van der Waals surface area contributed by atoms with Gasteiger partial charge in [0.25, 0.3) is 0 Å².